The van der Waals surface area contributed by atoms with E-state index in [-0.39, 0.29) is 18.7 Å². The largest absolute Gasteiger partial charge is 0.491 e. The topological polar surface area (TPSA) is 91.1 Å². The molecule has 1 aliphatic heterocycles. The zero-order chi connectivity index (χ0) is 26.2. The average Bonchev–Trinajstić information content (AvgIpc) is 3.47. The number of carbonyl (C=O) groups excluding carboxylic acids is 1. The first-order chi connectivity index (χ1) is 18.4. The minimum Gasteiger partial charge on any atom is -0.491 e. The average molecular weight is 531 g/mol. The van der Waals surface area contributed by atoms with Crippen molar-refractivity contribution < 1.29 is 19.1 Å². The quantitative estimate of drug-likeness (QED) is 0.302. The van der Waals surface area contributed by atoms with Crippen LogP contribution in [0, 0.1) is 6.92 Å². The van der Waals surface area contributed by atoms with E-state index in [1.807, 2.05) is 72.5 Å². The number of aryl methyl sites for hydroxylation is 1. The maximum absolute atomic E-state index is 13.0. The van der Waals surface area contributed by atoms with Gasteiger partial charge in [0.25, 0.3) is 0 Å². The molecule has 2 aromatic heterocycles. The van der Waals surface area contributed by atoms with E-state index in [9.17, 15) is 9.90 Å². The molecule has 2 atom stereocenters. The van der Waals surface area contributed by atoms with Gasteiger partial charge in [0, 0.05) is 60.8 Å². The molecule has 0 saturated carbocycles. The van der Waals surface area contributed by atoms with E-state index in [1.165, 1.54) is 0 Å². The van der Waals surface area contributed by atoms with Crippen LogP contribution in [0.15, 0.2) is 65.1 Å². The van der Waals surface area contributed by atoms with E-state index in [1.54, 1.807) is 11.3 Å². The molecule has 0 aliphatic carbocycles. The number of piperazine rings is 1. The monoisotopic (exact) mass is 530 g/mol. The number of rotatable bonds is 6. The standard InChI is InChI=1S/C29H30N4O4S/c1-18-15-33(29(35)31-20-7-9-24-23-5-3-4-6-26(23)37-27(24)13-20)12-11-32(18)16-21(34)17-36-22-8-10-28-25(14-22)30-19(2)38-28/h3-10,13-14,18,21,34H,11-12,15-17H2,1-2H3,(H,31,35)/t18-,21+/m0/s1. The number of ether oxygens (including phenoxy) is 1. The van der Waals surface area contributed by atoms with E-state index in [4.69, 9.17) is 9.15 Å². The van der Waals surface area contributed by atoms with E-state index in [0.29, 0.717) is 37.6 Å². The van der Waals surface area contributed by atoms with Gasteiger partial charge in [0.15, 0.2) is 0 Å². The summed E-state index contributed by atoms with van der Waals surface area (Å²) in [5.41, 5.74) is 3.20. The Kier molecular flexibility index (Phi) is 6.65. The second kappa shape index (κ2) is 10.2. The van der Waals surface area contributed by atoms with Gasteiger partial charge in [0.1, 0.15) is 29.6 Å². The predicted molar refractivity (Wildman–Crippen MR) is 151 cm³/mol. The van der Waals surface area contributed by atoms with Crippen molar-refractivity contribution in [1.29, 1.82) is 0 Å². The van der Waals surface area contributed by atoms with Gasteiger partial charge in [0.05, 0.1) is 15.2 Å². The Morgan fingerprint density at radius 2 is 2.00 bits per heavy atom. The maximum Gasteiger partial charge on any atom is 0.321 e. The summed E-state index contributed by atoms with van der Waals surface area (Å²) >= 11 is 1.65. The van der Waals surface area contributed by atoms with Crippen LogP contribution in [0.5, 0.6) is 5.75 Å². The Labute approximate surface area is 224 Å². The highest BCUT2D eigenvalue weighted by atomic mass is 32.1. The predicted octanol–water partition coefficient (Wildman–Crippen LogP) is 5.48. The molecule has 9 heteroatoms. The zero-order valence-electron chi connectivity index (χ0n) is 21.4. The fourth-order valence-corrected chi connectivity index (χ4v) is 5.89. The second-order valence-corrected chi connectivity index (χ2v) is 11.1. The number of nitrogens with one attached hydrogen (secondary N) is 1. The molecule has 0 unspecified atom stereocenters. The summed E-state index contributed by atoms with van der Waals surface area (Å²) in [6.07, 6.45) is -0.638. The number of anilines is 1. The van der Waals surface area contributed by atoms with E-state index >= 15 is 0 Å². The molecule has 38 heavy (non-hydrogen) atoms. The number of benzene rings is 3. The number of hydrogen-bond donors (Lipinski definition) is 2. The molecule has 3 aromatic carbocycles. The van der Waals surface area contributed by atoms with Gasteiger partial charge in [-0.3, -0.25) is 4.90 Å². The maximum atomic E-state index is 13.0. The number of amides is 2. The van der Waals surface area contributed by atoms with Crippen LogP contribution in [0.2, 0.25) is 0 Å². The highest BCUT2D eigenvalue weighted by Crippen LogP contribution is 2.30. The number of para-hydroxylation sites is 1. The number of β-amino-alcohol motifs (C(OH)–C–C–N with tert-alkyl or cyclic N) is 1. The van der Waals surface area contributed by atoms with Crippen LogP contribution in [0.4, 0.5) is 10.5 Å². The number of nitrogens with zero attached hydrogens (tertiary/aromatic N) is 3. The number of aliphatic hydroxyl groups excluding tert-OH is 1. The molecular weight excluding hydrogens is 500 g/mol. The van der Waals surface area contributed by atoms with Crippen molar-refractivity contribution >= 4 is 55.2 Å². The van der Waals surface area contributed by atoms with Crippen molar-refractivity contribution in [3.63, 3.8) is 0 Å². The number of furan rings is 1. The Morgan fingerprint density at radius 3 is 2.87 bits per heavy atom. The summed E-state index contributed by atoms with van der Waals surface area (Å²) in [5.74, 6) is 0.706. The number of hydrogen-bond acceptors (Lipinski definition) is 7. The van der Waals surface area contributed by atoms with Crippen molar-refractivity contribution in [1.82, 2.24) is 14.8 Å². The summed E-state index contributed by atoms with van der Waals surface area (Å²) in [6.45, 7) is 6.58. The molecule has 0 radical (unpaired) electrons. The smallest absolute Gasteiger partial charge is 0.321 e. The number of aliphatic hydroxyl groups is 1. The lowest BCUT2D eigenvalue weighted by Crippen LogP contribution is -2.56. The minimum absolute atomic E-state index is 0.108. The zero-order valence-corrected chi connectivity index (χ0v) is 22.2. The van der Waals surface area contributed by atoms with Crippen LogP contribution in [-0.4, -0.2) is 70.9 Å². The van der Waals surface area contributed by atoms with Gasteiger partial charge in [-0.2, -0.15) is 0 Å². The molecule has 6 rings (SSSR count). The highest BCUT2D eigenvalue weighted by Gasteiger charge is 2.28. The van der Waals surface area contributed by atoms with Crippen molar-refractivity contribution in [2.75, 3.05) is 38.1 Å². The molecule has 1 saturated heterocycles. The third-order valence-electron chi connectivity index (χ3n) is 7.04. The van der Waals surface area contributed by atoms with Crippen LogP contribution in [0.1, 0.15) is 11.9 Å². The molecule has 1 aliphatic rings. The number of thiazole rings is 1. The fourth-order valence-electron chi connectivity index (χ4n) is 5.09. The van der Waals surface area contributed by atoms with Crippen molar-refractivity contribution in [3.8, 4) is 5.75 Å². The SMILES string of the molecule is Cc1nc2cc(OC[C@H](O)CN3CCN(C(=O)Nc4ccc5c(c4)oc4ccccc45)C[C@@H]3C)ccc2s1. The Morgan fingerprint density at radius 1 is 1.16 bits per heavy atom. The summed E-state index contributed by atoms with van der Waals surface area (Å²) in [7, 11) is 0. The molecule has 2 amide bonds. The third kappa shape index (κ3) is 5.05. The molecule has 0 spiro atoms. The molecule has 3 heterocycles. The van der Waals surface area contributed by atoms with Crippen LogP contribution in [-0.2, 0) is 0 Å². The minimum atomic E-state index is -0.638. The van der Waals surface area contributed by atoms with Gasteiger partial charge in [0.2, 0.25) is 0 Å². The summed E-state index contributed by atoms with van der Waals surface area (Å²) in [5, 5.41) is 16.7. The number of carbonyl (C=O) groups is 1. The summed E-state index contributed by atoms with van der Waals surface area (Å²) < 4.78 is 12.9. The molecule has 8 nitrogen and oxygen atoms in total. The van der Waals surface area contributed by atoms with E-state index in [0.717, 1.165) is 37.2 Å². The van der Waals surface area contributed by atoms with Crippen LogP contribution in [0.3, 0.4) is 0 Å². The van der Waals surface area contributed by atoms with Crippen molar-refractivity contribution in [3.05, 3.63) is 65.7 Å². The highest BCUT2D eigenvalue weighted by molar-refractivity contribution is 7.18. The summed E-state index contributed by atoms with van der Waals surface area (Å²) in [6, 6.07) is 19.5. The second-order valence-electron chi connectivity index (χ2n) is 9.86. The van der Waals surface area contributed by atoms with Gasteiger partial charge in [-0.05, 0) is 44.2 Å². The summed E-state index contributed by atoms with van der Waals surface area (Å²) in [4.78, 5) is 21.5. The van der Waals surface area contributed by atoms with E-state index in [2.05, 4.69) is 22.1 Å². The van der Waals surface area contributed by atoms with Crippen LogP contribution in [0.25, 0.3) is 32.2 Å². The normalized spacial score (nSPS) is 17.3. The first kappa shape index (κ1) is 24.7. The molecule has 5 aromatic rings. The number of urea groups is 1. The van der Waals surface area contributed by atoms with Gasteiger partial charge in [-0.25, -0.2) is 9.78 Å². The molecule has 1 fully saturated rings. The van der Waals surface area contributed by atoms with Crippen molar-refractivity contribution in [2.45, 2.75) is 26.0 Å². The number of fused-ring (bicyclic) bond motifs is 4. The number of aromatic nitrogens is 1. The first-order valence-electron chi connectivity index (χ1n) is 12.8. The van der Waals surface area contributed by atoms with Gasteiger partial charge >= 0.3 is 6.03 Å². The van der Waals surface area contributed by atoms with Crippen LogP contribution >= 0.6 is 11.3 Å². The lowest BCUT2D eigenvalue weighted by molar-refractivity contribution is 0.0307. The Balaban J connectivity index is 1.01. The lowest BCUT2D eigenvalue weighted by atomic mass is 10.1. The molecule has 2 N–H and O–H groups in total. The van der Waals surface area contributed by atoms with Gasteiger partial charge in [-0.15, -0.1) is 11.3 Å². The first-order valence-corrected chi connectivity index (χ1v) is 13.6. The Bertz CT molecular complexity index is 1610. The molecule has 196 valence electrons. The molecule has 0 bridgehead atoms. The van der Waals surface area contributed by atoms with Crippen LogP contribution < -0.4 is 10.1 Å². The van der Waals surface area contributed by atoms with E-state index < -0.39 is 6.10 Å². The lowest BCUT2D eigenvalue weighted by Gasteiger charge is -2.40. The Hall–Kier alpha value is -3.66. The van der Waals surface area contributed by atoms with Gasteiger partial charge < -0.3 is 24.5 Å². The molecular formula is C29H30N4O4S. The van der Waals surface area contributed by atoms with Gasteiger partial charge in [-0.1, -0.05) is 18.2 Å². The fraction of sp³-hybridized carbons (Fsp3) is 0.310. The van der Waals surface area contributed by atoms with Crippen molar-refractivity contribution in [2.24, 2.45) is 0 Å². The third-order valence-corrected chi connectivity index (χ3v) is 7.99.